The van der Waals surface area contributed by atoms with Crippen LogP contribution in [-0.4, -0.2) is 50.9 Å². The number of rotatable bonds is 10. The maximum atomic E-state index is 13.9. The minimum atomic E-state index is -4.85. The molecule has 15 heteroatoms. The molecule has 4 aromatic rings. The minimum absolute atomic E-state index is 0.143. The van der Waals surface area contributed by atoms with Crippen molar-refractivity contribution in [1.29, 1.82) is 5.26 Å². The van der Waals surface area contributed by atoms with E-state index in [2.05, 4.69) is 26.7 Å². The molecule has 1 aliphatic carbocycles. The van der Waals surface area contributed by atoms with Crippen molar-refractivity contribution in [3.8, 4) is 6.07 Å². The van der Waals surface area contributed by atoms with Gasteiger partial charge in [-0.1, -0.05) is 49.7 Å². The number of phosphoric ester groups is 1. The number of pyridine rings is 1. The van der Waals surface area contributed by atoms with Crippen molar-refractivity contribution >= 4 is 49.5 Å². The molecule has 0 amide bonds. The number of nitrogens with zero attached hydrogens (tertiary/aromatic N) is 6. The van der Waals surface area contributed by atoms with Crippen LogP contribution in [-0.2, 0) is 14.5 Å². The van der Waals surface area contributed by atoms with Gasteiger partial charge in [-0.05, 0) is 48.1 Å². The summed E-state index contributed by atoms with van der Waals surface area (Å²) in [6.45, 7) is 5.56. The normalized spacial score (nSPS) is 15.2. The van der Waals surface area contributed by atoms with Crippen molar-refractivity contribution in [2.24, 2.45) is 5.41 Å². The van der Waals surface area contributed by atoms with Gasteiger partial charge in [-0.3, -0.25) is 9.51 Å². The fourth-order valence-corrected chi connectivity index (χ4v) is 5.40. The van der Waals surface area contributed by atoms with E-state index in [1.165, 1.54) is 18.3 Å². The average molecular weight is 624 g/mol. The number of hydrogen-bond acceptors (Lipinski definition) is 8. The Morgan fingerprint density at radius 2 is 1.98 bits per heavy atom. The molecule has 2 aromatic heterocycles. The van der Waals surface area contributed by atoms with Gasteiger partial charge in [0.25, 0.3) is 0 Å². The topological polar surface area (TPSA) is 149 Å². The summed E-state index contributed by atoms with van der Waals surface area (Å²) in [5, 5.41) is 22.5. The molecular weight excluding hydrogens is 595 g/mol. The van der Waals surface area contributed by atoms with Crippen LogP contribution >= 0.6 is 19.4 Å². The van der Waals surface area contributed by atoms with E-state index in [1.807, 2.05) is 20.8 Å². The molecular formula is C28H29BClFN7O4P. The summed E-state index contributed by atoms with van der Waals surface area (Å²) in [4.78, 5) is 24.8. The van der Waals surface area contributed by atoms with E-state index in [-0.39, 0.29) is 28.6 Å². The average Bonchev–Trinajstić information content (AvgIpc) is 3.65. The Hall–Kier alpha value is -3.53. The van der Waals surface area contributed by atoms with Gasteiger partial charge in [-0.15, -0.1) is 5.10 Å². The zero-order valence-electron chi connectivity index (χ0n) is 23.7. The van der Waals surface area contributed by atoms with E-state index < -0.39 is 25.8 Å². The third kappa shape index (κ3) is 7.01. The van der Waals surface area contributed by atoms with Crippen molar-refractivity contribution in [2.75, 3.05) is 23.5 Å². The minimum Gasteiger partial charge on any atom is -0.378 e. The Bertz CT molecular complexity index is 1750. The van der Waals surface area contributed by atoms with Crippen LogP contribution in [0.5, 0.6) is 0 Å². The fourth-order valence-electron chi connectivity index (χ4n) is 4.85. The third-order valence-corrected chi connectivity index (χ3v) is 7.60. The number of halogens is 2. The van der Waals surface area contributed by atoms with E-state index in [1.54, 1.807) is 40.0 Å². The molecule has 2 radical (unpaired) electrons. The molecule has 3 N–H and O–H groups in total. The largest absolute Gasteiger partial charge is 0.471 e. The van der Waals surface area contributed by atoms with E-state index in [0.717, 1.165) is 12.8 Å². The van der Waals surface area contributed by atoms with Gasteiger partial charge in [0, 0.05) is 23.8 Å². The maximum Gasteiger partial charge on any atom is 0.471 e. The predicted octanol–water partition coefficient (Wildman–Crippen LogP) is 5.23. The molecule has 0 saturated heterocycles. The number of fused-ring (bicyclic) bond motifs is 1. The van der Waals surface area contributed by atoms with Crippen molar-refractivity contribution in [3.63, 3.8) is 0 Å². The first-order valence-corrected chi connectivity index (χ1v) is 15.3. The molecule has 2 heterocycles. The summed E-state index contributed by atoms with van der Waals surface area (Å²) in [6, 6.07) is 11.4. The lowest BCUT2D eigenvalue weighted by atomic mass is 9.69. The number of aromatic nitrogens is 4. The first kappa shape index (κ1) is 30.9. The highest BCUT2D eigenvalue weighted by atomic mass is 35.5. The Morgan fingerprint density at radius 1 is 1.28 bits per heavy atom. The van der Waals surface area contributed by atoms with Gasteiger partial charge in [-0.2, -0.15) is 5.26 Å². The van der Waals surface area contributed by atoms with E-state index in [9.17, 15) is 24.0 Å². The molecule has 222 valence electrons. The van der Waals surface area contributed by atoms with Gasteiger partial charge < -0.3 is 20.0 Å². The second kappa shape index (κ2) is 11.5. The number of hydrogen-bond donors (Lipinski definition) is 3. The summed E-state index contributed by atoms with van der Waals surface area (Å²) in [5.41, 5.74) is 0.262. The number of nitrogens with one attached hydrogen (secondary N) is 1. The van der Waals surface area contributed by atoms with Crippen LogP contribution in [0.1, 0.15) is 56.5 Å². The molecule has 43 heavy (non-hydrogen) atoms. The Balaban J connectivity index is 1.66. The lowest BCUT2D eigenvalue weighted by Gasteiger charge is -2.33. The molecule has 1 unspecified atom stereocenters. The molecule has 1 saturated carbocycles. The zero-order valence-corrected chi connectivity index (χ0v) is 25.3. The highest BCUT2D eigenvalue weighted by Gasteiger charge is 2.34. The number of nitriles is 1. The Morgan fingerprint density at radius 3 is 2.58 bits per heavy atom. The summed E-state index contributed by atoms with van der Waals surface area (Å²) in [5.74, 6) is -0.433. The van der Waals surface area contributed by atoms with Crippen molar-refractivity contribution in [2.45, 2.75) is 45.1 Å². The highest BCUT2D eigenvalue weighted by Crippen LogP contribution is 2.41. The summed E-state index contributed by atoms with van der Waals surface area (Å²) in [7, 11) is 2.16. The lowest BCUT2D eigenvalue weighted by Crippen LogP contribution is -2.38. The number of benzene rings is 2. The van der Waals surface area contributed by atoms with Crippen LogP contribution in [0.25, 0.3) is 10.9 Å². The third-order valence-electron chi connectivity index (χ3n) is 6.86. The van der Waals surface area contributed by atoms with Crippen LogP contribution < -0.4 is 10.2 Å². The van der Waals surface area contributed by atoms with Gasteiger partial charge in [0.1, 0.15) is 32.2 Å². The first-order chi connectivity index (χ1) is 20.2. The van der Waals surface area contributed by atoms with Crippen LogP contribution in [0.2, 0.25) is 5.02 Å². The molecule has 0 spiro atoms. The van der Waals surface area contributed by atoms with Crippen LogP contribution in [0.3, 0.4) is 0 Å². The summed E-state index contributed by atoms with van der Waals surface area (Å²) < 4.78 is 32.2. The summed E-state index contributed by atoms with van der Waals surface area (Å²) in [6.07, 6.45) is 5.07. The van der Waals surface area contributed by atoms with E-state index >= 15 is 0 Å². The second-order valence-corrected chi connectivity index (χ2v) is 13.4. The van der Waals surface area contributed by atoms with Gasteiger partial charge in [-0.25, -0.2) is 13.6 Å². The number of phosphoric acid groups is 1. The Kier molecular flexibility index (Phi) is 8.29. The molecule has 11 nitrogen and oxygen atoms in total. The maximum absolute atomic E-state index is 13.9. The lowest BCUT2D eigenvalue weighted by molar-refractivity contribution is 0.191. The molecule has 0 bridgehead atoms. The molecule has 0 aliphatic heterocycles. The summed E-state index contributed by atoms with van der Waals surface area (Å²) >= 11 is 6.73. The smallest absolute Gasteiger partial charge is 0.378 e. The van der Waals surface area contributed by atoms with Crippen molar-refractivity contribution < 1.29 is 23.3 Å². The molecule has 1 atom stereocenters. The van der Waals surface area contributed by atoms with E-state index in [4.69, 9.17) is 24.0 Å². The number of anilines is 2. The fraction of sp³-hybridized carbons (Fsp3) is 0.357. The predicted molar refractivity (Wildman–Crippen MR) is 161 cm³/mol. The SMILES string of the molecule is [B]C(Nc1cc(Cl)c2ncc(C#N)c(N(COP(=O)(O)O)CC(C)(C)C)c2c1)(c1ccc(F)cc1)c1cn(C2CC2)nn1. The highest BCUT2D eigenvalue weighted by molar-refractivity contribution is 7.46. The van der Waals surface area contributed by atoms with Crippen LogP contribution in [0.4, 0.5) is 15.8 Å². The van der Waals surface area contributed by atoms with Crippen molar-refractivity contribution in [1.82, 2.24) is 20.0 Å². The molecule has 2 aromatic carbocycles. The molecule has 1 aliphatic rings. The van der Waals surface area contributed by atoms with Gasteiger partial charge in [0.2, 0.25) is 0 Å². The van der Waals surface area contributed by atoms with Gasteiger partial charge in [0.05, 0.1) is 39.5 Å². The standard InChI is InChI=1S/C28H29BClFN7O4P/c1-27(2,3)15-37(16-42-43(39,40)41)26-17(12-32)13-33-25-22(26)10-20(11-23(25)30)34-28(29,18-4-6-19(31)7-5-18)24-14-38(36-35-24)21-8-9-21/h4-7,10-11,13-14,21,34H,8-9,15-16H2,1-3H3,(H2,39,40,41). The van der Waals surface area contributed by atoms with E-state index in [0.29, 0.717) is 33.5 Å². The van der Waals surface area contributed by atoms with Crippen molar-refractivity contribution in [3.05, 3.63) is 76.5 Å². The molecule has 1 fully saturated rings. The van der Waals surface area contributed by atoms with Crippen LogP contribution in [0, 0.1) is 22.6 Å². The van der Waals surface area contributed by atoms with Gasteiger partial charge in [0.15, 0.2) is 0 Å². The first-order valence-electron chi connectivity index (χ1n) is 13.4. The quantitative estimate of drug-likeness (QED) is 0.122. The Labute approximate surface area is 254 Å². The van der Waals surface area contributed by atoms with Crippen LogP contribution in [0.15, 0.2) is 48.8 Å². The second-order valence-electron chi connectivity index (χ2n) is 11.7. The monoisotopic (exact) mass is 623 g/mol. The molecule has 5 rings (SSSR count). The zero-order chi connectivity index (χ0) is 31.2. The van der Waals surface area contributed by atoms with Gasteiger partial charge >= 0.3 is 7.82 Å².